The van der Waals surface area contributed by atoms with E-state index in [1.54, 1.807) is 56.7 Å². The Hall–Kier alpha value is -4.25. The molecule has 2 N–H and O–H groups in total. The number of hydrogen-bond acceptors (Lipinski definition) is 6. The molecule has 0 aliphatic rings. The van der Waals surface area contributed by atoms with Crippen LogP contribution in [-0.4, -0.2) is 47.5 Å². The lowest BCUT2D eigenvalue weighted by Crippen LogP contribution is -2.38. The lowest BCUT2D eigenvalue weighted by Gasteiger charge is -2.25. The Labute approximate surface area is 266 Å². The highest BCUT2D eigenvalue weighted by Gasteiger charge is 2.28. The van der Waals surface area contributed by atoms with Gasteiger partial charge in [0, 0.05) is 6.54 Å². The average molecular weight is 657 g/mol. The smallest absolute Gasteiger partial charge is 0.264 e. The van der Waals surface area contributed by atoms with E-state index in [0.717, 1.165) is 15.4 Å². The van der Waals surface area contributed by atoms with Gasteiger partial charge in [-0.3, -0.25) is 13.9 Å². The van der Waals surface area contributed by atoms with Crippen LogP contribution in [0.4, 0.5) is 11.4 Å². The molecule has 4 aromatic rings. The van der Waals surface area contributed by atoms with E-state index < -0.39 is 28.4 Å². The SMILES string of the molecule is COc1ccc(CCNC(=O)c2ccccc2NC(=O)CN(c2ccc(Cl)c(Cl)c2)S(=O)(=O)c2ccc(C)cc2)cc1OC. The van der Waals surface area contributed by atoms with Crippen molar-refractivity contribution in [1.82, 2.24) is 5.32 Å². The number of benzene rings is 4. The van der Waals surface area contributed by atoms with E-state index in [-0.39, 0.29) is 31.9 Å². The molecule has 0 unspecified atom stereocenters. The standard InChI is InChI=1S/C32H31Cl2N3O6S/c1-21-8-12-24(13-9-21)44(40,41)37(23-11-14-26(33)27(34)19-23)20-31(38)36-28-7-5-4-6-25(28)32(39)35-17-16-22-10-15-29(42-2)30(18-22)43-3/h4-15,18-19H,16-17,20H2,1-3H3,(H,35,39)(H,36,38). The number of hydrogen-bond donors (Lipinski definition) is 2. The van der Waals surface area contributed by atoms with E-state index in [4.69, 9.17) is 32.7 Å². The largest absolute Gasteiger partial charge is 0.493 e. The molecule has 9 nitrogen and oxygen atoms in total. The molecule has 0 saturated heterocycles. The molecule has 12 heteroatoms. The van der Waals surface area contributed by atoms with E-state index in [1.807, 2.05) is 19.1 Å². The number of rotatable bonds is 12. The van der Waals surface area contributed by atoms with Crippen LogP contribution in [0.2, 0.25) is 10.0 Å². The fraction of sp³-hybridized carbons (Fsp3) is 0.188. The summed E-state index contributed by atoms with van der Waals surface area (Å²) in [4.78, 5) is 26.4. The molecule has 0 aromatic heterocycles. The van der Waals surface area contributed by atoms with Crippen molar-refractivity contribution in [2.75, 3.05) is 36.9 Å². The van der Waals surface area contributed by atoms with E-state index in [1.165, 1.54) is 30.3 Å². The molecule has 0 bridgehead atoms. The van der Waals surface area contributed by atoms with Crippen molar-refractivity contribution < 1.29 is 27.5 Å². The molecule has 0 radical (unpaired) electrons. The van der Waals surface area contributed by atoms with Crippen LogP contribution >= 0.6 is 23.2 Å². The number of halogens is 2. The molecule has 0 fully saturated rings. The van der Waals surface area contributed by atoms with Gasteiger partial charge in [0.2, 0.25) is 5.91 Å². The Morgan fingerprint density at radius 2 is 1.55 bits per heavy atom. The van der Waals surface area contributed by atoms with Gasteiger partial charge in [0.15, 0.2) is 11.5 Å². The predicted octanol–water partition coefficient (Wildman–Crippen LogP) is 6.13. The molecular formula is C32H31Cl2N3O6S. The van der Waals surface area contributed by atoms with Crippen molar-refractivity contribution in [3.63, 3.8) is 0 Å². The van der Waals surface area contributed by atoms with Crippen molar-refractivity contribution in [3.8, 4) is 11.5 Å². The minimum absolute atomic E-state index is 0.00349. The summed E-state index contributed by atoms with van der Waals surface area (Å²) in [6.45, 7) is 1.56. The topological polar surface area (TPSA) is 114 Å². The fourth-order valence-corrected chi connectivity index (χ4v) is 6.06. The number of nitrogens with one attached hydrogen (secondary N) is 2. The third-order valence-corrected chi connectivity index (χ3v) is 9.21. The third-order valence-electron chi connectivity index (χ3n) is 6.68. The monoisotopic (exact) mass is 655 g/mol. The van der Waals surface area contributed by atoms with Gasteiger partial charge in [-0.25, -0.2) is 8.42 Å². The van der Waals surface area contributed by atoms with Gasteiger partial charge in [-0.05, 0) is 73.5 Å². The minimum Gasteiger partial charge on any atom is -0.493 e. The zero-order chi connectivity index (χ0) is 31.9. The van der Waals surface area contributed by atoms with Crippen LogP contribution < -0.4 is 24.4 Å². The van der Waals surface area contributed by atoms with Crippen molar-refractivity contribution in [2.45, 2.75) is 18.2 Å². The molecule has 230 valence electrons. The van der Waals surface area contributed by atoms with Gasteiger partial charge in [-0.1, -0.05) is 59.1 Å². The first kappa shape index (κ1) is 32.7. The van der Waals surface area contributed by atoms with Crippen LogP contribution in [0.5, 0.6) is 11.5 Å². The van der Waals surface area contributed by atoms with Gasteiger partial charge in [-0.2, -0.15) is 0 Å². The highest BCUT2D eigenvalue weighted by molar-refractivity contribution is 7.92. The molecule has 0 spiro atoms. The first-order valence-corrected chi connectivity index (χ1v) is 15.7. The van der Waals surface area contributed by atoms with E-state index in [9.17, 15) is 18.0 Å². The summed E-state index contributed by atoms with van der Waals surface area (Å²) in [6, 6.07) is 22.5. The normalized spacial score (nSPS) is 11.0. The third kappa shape index (κ3) is 7.82. The zero-order valence-corrected chi connectivity index (χ0v) is 26.6. The Balaban J connectivity index is 1.51. The Morgan fingerprint density at radius 3 is 2.23 bits per heavy atom. The van der Waals surface area contributed by atoms with Crippen LogP contribution in [0, 0.1) is 6.92 Å². The number of carbonyl (C=O) groups excluding carboxylic acids is 2. The van der Waals surface area contributed by atoms with E-state index >= 15 is 0 Å². The maximum atomic E-state index is 13.7. The summed E-state index contributed by atoms with van der Waals surface area (Å²) >= 11 is 12.3. The van der Waals surface area contributed by atoms with Crippen molar-refractivity contribution in [3.05, 3.63) is 112 Å². The second-order valence-electron chi connectivity index (χ2n) is 9.71. The van der Waals surface area contributed by atoms with Gasteiger partial charge >= 0.3 is 0 Å². The number of methoxy groups -OCH3 is 2. The van der Waals surface area contributed by atoms with Crippen LogP contribution in [0.15, 0.2) is 89.8 Å². The zero-order valence-electron chi connectivity index (χ0n) is 24.3. The van der Waals surface area contributed by atoms with Gasteiger partial charge < -0.3 is 20.1 Å². The lowest BCUT2D eigenvalue weighted by molar-refractivity contribution is -0.114. The molecule has 0 atom stereocenters. The summed E-state index contributed by atoms with van der Waals surface area (Å²) in [7, 11) is -1.08. The van der Waals surface area contributed by atoms with Gasteiger partial charge in [0.05, 0.1) is 46.1 Å². The summed E-state index contributed by atoms with van der Waals surface area (Å²) in [5, 5.41) is 5.91. The Bertz CT molecular complexity index is 1760. The lowest BCUT2D eigenvalue weighted by atomic mass is 10.1. The van der Waals surface area contributed by atoms with Gasteiger partial charge in [0.1, 0.15) is 6.54 Å². The molecule has 0 aliphatic carbocycles. The van der Waals surface area contributed by atoms with Crippen molar-refractivity contribution in [1.29, 1.82) is 0 Å². The van der Waals surface area contributed by atoms with Crippen molar-refractivity contribution >= 4 is 56.4 Å². The number of carbonyl (C=O) groups is 2. The fourth-order valence-electron chi connectivity index (χ4n) is 4.35. The Kier molecular flexibility index (Phi) is 10.7. The molecule has 2 amide bonds. The second-order valence-corrected chi connectivity index (χ2v) is 12.4. The number of sulfonamides is 1. The number of para-hydroxylation sites is 1. The van der Waals surface area contributed by atoms with E-state index in [0.29, 0.717) is 24.5 Å². The quantitative estimate of drug-likeness (QED) is 0.190. The number of anilines is 2. The van der Waals surface area contributed by atoms with Crippen LogP contribution in [0.1, 0.15) is 21.5 Å². The summed E-state index contributed by atoms with van der Waals surface area (Å²) in [5.74, 6) is 0.116. The summed E-state index contributed by atoms with van der Waals surface area (Å²) < 4.78 is 39.0. The number of aryl methyl sites for hydroxylation is 1. The number of ether oxygens (including phenoxy) is 2. The van der Waals surface area contributed by atoms with E-state index in [2.05, 4.69) is 10.6 Å². The maximum absolute atomic E-state index is 13.7. The molecule has 0 aliphatic heterocycles. The molecule has 44 heavy (non-hydrogen) atoms. The number of amides is 2. The predicted molar refractivity (Wildman–Crippen MR) is 173 cm³/mol. The van der Waals surface area contributed by atoms with Crippen LogP contribution in [0.25, 0.3) is 0 Å². The molecule has 4 rings (SSSR count). The minimum atomic E-state index is -4.19. The highest BCUT2D eigenvalue weighted by atomic mass is 35.5. The molecule has 0 saturated carbocycles. The Morgan fingerprint density at radius 1 is 0.841 bits per heavy atom. The van der Waals surface area contributed by atoms with Gasteiger partial charge in [0.25, 0.3) is 15.9 Å². The van der Waals surface area contributed by atoms with Crippen LogP contribution in [0.3, 0.4) is 0 Å². The molecular weight excluding hydrogens is 625 g/mol. The van der Waals surface area contributed by atoms with Crippen LogP contribution in [-0.2, 0) is 21.2 Å². The van der Waals surface area contributed by atoms with Gasteiger partial charge in [-0.15, -0.1) is 0 Å². The molecule has 4 aromatic carbocycles. The first-order chi connectivity index (χ1) is 21.0. The maximum Gasteiger partial charge on any atom is 0.264 e. The summed E-state index contributed by atoms with van der Waals surface area (Å²) in [5.41, 5.74) is 2.40. The summed E-state index contributed by atoms with van der Waals surface area (Å²) in [6.07, 6.45) is 0.524. The highest BCUT2D eigenvalue weighted by Crippen LogP contribution is 2.31. The average Bonchev–Trinajstić information content (AvgIpc) is 3.01. The van der Waals surface area contributed by atoms with Crippen molar-refractivity contribution in [2.24, 2.45) is 0 Å². The first-order valence-electron chi connectivity index (χ1n) is 13.5. The number of nitrogens with zero attached hydrogens (tertiary/aromatic N) is 1. The second kappa shape index (κ2) is 14.5. The molecule has 0 heterocycles.